The molecular formula is C13H15FN2S. The molecule has 90 valence electrons. The maximum atomic E-state index is 13.7. The number of rotatable bonds is 5. The molecule has 4 heteroatoms. The van der Waals surface area contributed by atoms with Crippen molar-refractivity contribution < 1.29 is 4.39 Å². The van der Waals surface area contributed by atoms with Crippen LogP contribution in [0.25, 0.3) is 0 Å². The van der Waals surface area contributed by atoms with Crippen molar-refractivity contribution in [3.8, 4) is 0 Å². The van der Waals surface area contributed by atoms with E-state index in [-0.39, 0.29) is 11.9 Å². The van der Waals surface area contributed by atoms with Gasteiger partial charge in [-0.15, -0.1) is 0 Å². The molecule has 2 heterocycles. The topological polar surface area (TPSA) is 24.9 Å². The Morgan fingerprint density at radius 1 is 1.47 bits per heavy atom. The van der Waals surface area contributed by atoms with E-state index in [4.69, 9.17) is 0 Å². The smallest absolute Gasteiger partial charge is 0.146 e. The molecule has 2 rings (SSSR count). The van der Waals surface area contributed by atoms with Crippen molar-refractivity contribution in [2.24, 2.45) is 0 Å². The van der Waals surface area contributed by atoms with Gasteiger partial charge in [-0.25, -0.2) is 4.39 Å². The van der Waals surface area contributed by atoms with Crippen molar-refractivity contribution in [1.29, 1.82) is 0 Å². The molecule has 0 aliphatic carbocycles. The summed E-state index contributed by atoms with van der Waals surface area (Å²) in [5.41, 5.74) is 1.71. The Hall–Kier alpha value is -1.26. The zero-order chi connectivity index (χ0) is 12.1. The fourth-order valence-corrected chi connectivity index (χ4v) is 2.49. The van der Waals surface area contributed by atoms with Gasteiger partial charge in [0.1, 0.15) is 5.82 Å². The molecule has 1 unspecified atom stereocenters. The van der Waals surface area contributed by atoms with E-state index in [9.17, 15) is 4.39 Å². The van der Waals surface area contributed by atoms with Crippen molar-refractivity contribution in [3.05, 3.63) is 52.2 Å². The minimum absolute atomic E-state index is 0.0594. The van der Waals surface area contributed by atoms with Gasteiger partial charge >= 0.3 is 0 Å². The number of nitrogens with zero attached hydrogens (tertiary/aromatic N) is 1. The molecule has 0 bridgehead atoms. The second kappa shape index (κ2) is 5.89. The van der Waals surface area contributed by atoms with Gasteiger partial charge in [-0.05, 0) is 47.5 Å². The molecule has 0 aliphatic heterocycles. The van der Waals surface area contributed by atoms with Crippen LogP contribution in [-0.2, 0) is 6.42 Å². The van der Waals surface area contributed by atoms with E-state index in [0.717, 1.165) is 13.0 Å². The number of likely N-dealkylation sites (N-methyl/N-ethyl adjacent to an activating group) is 1. The lowest BCUT2D eigenvalue weighted by atomic mass is 10.0. The quantitative estimate of drug-likeness (QED) is 0.881. The molecule has 0 saturated heterocycles. The lowest BCUT2D eigenvalue weighted by Crippen LogP contribution is -2.24. The highest BCUT2D eigenvalue weighted by molar-refractivity contribution is 7.07. The van der Waals surface area contributed by atoms with E-state index < -0.39 is 0 Å². The Morgan fingerprint density at radius 2 is 2.35 bits per heavy atom. The van der Waals surface area contributed by atoms with Crippen molar-refractivity contribution in [2.75, 3.05) is 6.54 Å². The van der Waals surface area contributed by atoms with Gasteiger partial charge in [0.25, 0.3) is 0 Å². The highest BCUT2D eigenvalue weighted by Crippen LogP contribution is 2.20. The van der Waals surface area contributed by atoms with Gasteiger partial charge in [0.05, 0.1) is 11.7 Å². The molecule has 2 aromatic rings. The first-order valence-electron chi connectivity index (χ1n) is 5.66. The predicted molar refractivity (Wildman–Crippen MR) is 68.6 cm³/mol. The van der Waals surface area contributed by atoms with Gasteiger partial charge in [0, 0.05) is 6.20 Å². The maximum Gasteiger partial charge on any atom is 0.146 e. The fraction of sp³-hybridized carbons (Fsp3) is 0.308. The first kappa shape index (κ1) is 12.2. The number of thiophene rings is 1. The van der Waals surface area contributed by atoms with Gasteiger partial charge < -0.3 is 5.32 Å². The molecule has 1 atom stereocenters. The third-order valence-electron chi connectivity index (χ3n) is 2.59. The van der Waals surface area contributed by atoms with E-state index in [1.54, 1.807) is 23.6 Å². The Balaban J connectivity index is 2.20. The van der Waals surface area contributed by atoms with Gasteiger partial charge in [-0.1, -0.05) is 6.92 Å². The summed E-state index contributed by atoms with van der Waals surface area (Å²) in [6.45, 7) is 2.81. The third-order valence-corrected chi connectivity index (χ3v) is 3.32. The van der Waals surface area contributed by atoms with Crippen LogP contribution in [-0.4, -0.2) is 11.5 Å². The Labute approximate surface area is 105 Å². The zero-order valence-corrected chi connectivity index (χ0v) is 10.5. The molecule has 0 aliphatic rings. The van der Waals surface area contributed by atoms with Crippen LogP contribution >= 0.6 is 11.3 Å². The van der Waals surface area contributed by atoms with Gasteiger partial charge in [0.15, 0.2) is 0 Å². The third kappa shape index (κ3) is 3.11. The van der Waals surface area contributed by atoms with Crippen LogP contribution in [0, 0.1) is 5.82 Å². The molecule has 2 nitrogen and oxygen atoms in total. The van der Waals surface area contributed by atoms with Crippen LogP contribution < -0.4 is 5.32 Å². The molecule has 1 N–H and O–H groups in total. The van der Waals surface area contributed by atoms with Crippen molar-refractivity contribution in [1.82, 2.24) is 10.3 Å². The molecule has 17 heavy (non-hydrogen) atoms. The van der Waals surface area contributed by atoms with E-state index in [2.05, 4.69) is 21.7 Å². The molecule has 0 saturated carbocycles. The van der Waals surface area contributed by atoms with Crippen molar-refractivity contribution >= 4 is 11.3 Å². The average molecular weight is 250 g/mol. The monoisotopic (exact) mass is 250 g/mol. The maximum absolute atomic E-state index is 13.7. The number of hydrogen-bond acceptors (Lipinski definition) is 3. The first-order valence-corrected chi connectivity index (χ1v) is 6.60. The van der Waals surface area contributed by atoms with Crippen LogP contribution in [0.5, 0.6) is 0 Å². The van der Waals surface area contributed by atoms with E-state index in [0.29, 0.717) is 5.69 Å². The van der Waals surface area contributed by atoms with Crippen LogP contribution in [0.1, 0.15) is 24.2 Å². The first-order chi connectivity index (χ1) is 8.31. The Morgan fingerprint density at radius 3 is 3.00 bits per heavy atom. The number of pyridine rings is 1. The summed E-state index contributed by atoms with van der Waals surface area (Å²) in [7, 11) is 0. The van der Waals surface area contributed by atoms with Crippen LogP contribution in [0.3, 0.4) is 0 Å². The lowest BCUT2D eigenvalue weighted by Gasteiger charge is -2.17. The van der Waals surface area contributed by atoms with Crippen LogP contribution in [0.15, 0.2) is 35.2 Å². The summed E-state index contributed by atoms with van der Waals surface area (Å²) in [6, 6.07) is 5.08. The second-order valence-corrected chi connectivity index (χ2v) is 4.60. The molecule has 0 radical (unpaired) electrons. The summed E-state index contributed by atoms with van der Waals surface area (Å²) < 4.78 is 13.7. The highest BCUT2D eigenvalue weighted by atomic mass is 32.1. The SMILES string of the molecule is CCNC(Cc1ccsc1)c1ncccc1F. The van der Waals surface area contributed by atoms with Gasteiger partial charge in [0.2, 0.25) is 0 Å². The Kier molecular flexibility index (Phi) is 4.23. The summed E-state index contributed by atoms with van der Waals surface area (Å²) in [5, 5.41) is 7.40. The van der Waals surface area contributed by atoms with E-state index in [1.165, 1.54) is 11.6 Å². The van der Waals surface area contributed by atoms with Crippen LogP contribution in [0.4, 0.5) is 4.39 Å². The molecule has 0 spiro atoms. The highest BCUT2D eigenvalue weighted by Gasteiger charge is 2.16. The normalized spacial score (nSPS) is 12.6. The average Bonchev–Trinajstić information content (AvgIpc) is 2.82. The summed E-state index contributed by atoms with van der Waals surface area (Å²) in [5.74, 6) is -0.242. The fourth-order valence-electron chi connectivity index (χ4n) is 1.81. The van der Waals surface area contributed by atoms with E-state index >= 15 is 0 Å². The predicted octanol–water partition coefficient (Wildman–Crippen LogP) is 3.18. The Bertz CT molecular complexity index is 456. The second-order valence-electron chi connectivity index (χ2n) is 3.82. The zero-order valence-electron chi connectivity index (χ0n) is 9.69. The number of nitrogens with one attached hydrogen (secondary N) is 1. The minimum atomic E-state index is -0.242. The molecule has 0 aromatic carbocycles. The standard InChI is InChI=1S/C13H15FN2S/c1-2-15-12(8-10-5-7-17-9-10)13-11(14)4-3-6-16-13/h3-7,9,12,15H,2,8H2,1H3. The van der Waals surface area contributed by atoms with Crippen LogP contribution in [0.2, 0.25) is 0 Å². The minimum Gasteiger partial charge on any atom is -0.309 e. The van der Waals surface area contributed by atoms with Gasteiger partial charge in [-0.2, -0.15) is 11.3 Å². The van der Waals surface area contributed by atoms with Crippen molar-refractivity contribution in [2.45, 2.75) is 19.4 Å². The van der Waals surface area contributed by atoms with Crippen molar-refractivity contribution in [3.63, 3.8) is 0 Å². The number of aromatic nitrogens is 1. The molecule has 0 amide bonds. The summed E-state index contributed by atoms with van der Waals surface area (Å²) in [6.07, 6.45) is 2.40. The molecule has 2 aromatic heterocycles. The largest absolute Gasteiger partial charge is 0.309 e. The summed E-state index contributed by atoms with van der Waals surface area (Å²) >= 11 is 1.66. The lowest BCUT2D eigenvalue weighted by molar-refractivity contribution is 0.495. The van der Waals surface area contributed by atoms with Gasteiger partial charge in [-0.3, -0.25) is 4.98 Å². The summed E-state index contributed by atoms with van der Waals surface area (Å²) in [4.78, 5) is 4.14. The molecule has 0 fully saturated rings. The number of hydrogen-bond donors (Lipinski definition) is 1. The van der Waals surface area contributed by atoms with E-state index in [1.807, 2.05) is 12.3 Å². The molecular weight excluding hydrogens is 235 g/mol. The number of halogens is 1.